The molecule has 0 amide bonds. The van der Waals surface area contributed by atoms with Crippen LogP contribution in [0.4, 0.5) is 0 Å². The molecule has 0 fully saturated rings. The molecule has 4 aromatic rings. The molecule has 0 bridgehead atoms. The van der Waals surface area contributed by atoms with Crippen LogP contribution in [0, 0.1) is 6.92 Å². The Morgan fingerprint density at radius 2 is 1.45 bits per heavy atom. The van der Waals surface area contributed by atoms with Gasteiger partial charge in [-0.05, 0) is 36.2 Å². The van der Waals surface area contributed by atoms with E-state index in [4.69, 9.17) is 4.74 Å². The monoisotopic (exact) mass is 385 g/mol. The smallest absolute Gasteiger partial charge is 0.269 e. The van der Waals surface area contributed by atoms with E-state index in [0.29, 0.717) is 12.6 Å². The van der Waals surface area contributed by atoms with Crippen LogP contribution in [-0.4, -0.2) is 25.0 Å². The van der Waals surface area contributed by atoms with E-state index in [1.165, 1.54) is 21.5 Å². The van der Waals surface area contributed by atoms with Crippen molar-refractivity contribution < 1.29 is 4.74 Å². The molecule has 0 spiro atoms. The van der Waals surface area contributed by atoms with Crippen LogP contribution in [0.15, 0.2) is 73.2 Å². The molecule has 0 saturated carbocycles. The van der Waals surface area contributed by atoms with E-state index in [2.05, 4.69) is 77.3 Å². The number of aromatic nitrogens is 5. The second kappa shape index (κ2) is 7.83. The van der Waals surface area contributed by atoms with Gasteiger partial charge in [0.15, 0.2) is 0 Å². The van der Waals surface area contributed by atoms with E-state index in [1.807, 2.05) is 18.2 Å². The molecular formula is C23H23N5O. The average Bonchev–Trinajstić information content (AvgIpc) is 3.28. The zero-order chi connectivity index (χ0) is 20.3. The van der Waals surface area contributed by atoms with Gasteiger partial charge in [-0.25, -0.2) is 9.97 Å². The fraction of sp³-hybridized carbons (Fsp3) is 0.217. The van der Waals surface area contributed by atoms with Gasteiger partial charge in [0.1, 0.15) is 12.4 Å². The summed E-state index contributed by atoms with van der Waals surface area (Å²) in [5, 5.41) is 8.10. The summed E-state index contributed by atoms with van der Waals surface area (Å²) in [6, 6.07) is 18.8. The van der Waals surface area contributed by atoms with Gasteiger partial charge in [-0.2, -0.15) is 10.2 Å². The first-order valence-corrected chi connectivity index (χ1v) is 9.51. The highest BCUT2D eigenvalue weighted by Gasteiger charge is 2.22. The fourth-order valence-corrected chi connectivity index (χ4v) is 3.14. The van der Waals surface area contributed by atoms with Crippen LogP contribution in [0.5, 0.6) is 5.75 Å². The van der Waals surface area contributed by atoms with Gasteiger partial charge in [-0.1, -0.05) is 55.8 Å². The van der Waals surface area contributed by atoms with Crippen molar-refractivity contribution in [1.29, 1.82) is 0 Å². The molecule has 4 rings (SSSR count). The van der Waals surface area contributed by atoms with Crippen molar-refractivity contribution in [3.8, 4) is 11.7 Å². The maximum absolute atomic E-state index is 5.91. The Labute approximate surface area is 170 Å². The summed E-state index contributed by atoms with van der Waals surface area (Å²) in [7, 11) is 0. The van der Waals surface area contributed by atoms with Crippen LogP contribution < -0.4 is 4.74 Å². The molecule has 146 valence electrons. The minimum absolute atomic E-state index is 0.0788. The molecule has 0 aliphatic carbocycles. The maximum atomic E-state index is 5.91. The zero-order valence-corrected chi connectivity index (χ0v) is 16.8. The lowest BCUT2D eigenvalue weighted by Crippen LogP contribution is -2.18. The van der Waals surface area contributed by atoms with Crippen molar-refractivity contribution in [1.82, 2.24) is 25.0 Å². The van der Waals surface area contributed by atoms with Crippen LogP contribution in [-0.2, 0) is 12.0 Å². The van der Waals surface area contributed by atoms with E-state index in [-0.39, 0.29) is 5.41 Å². The summed E-state index contributed by atoms with van der Waals surface area (Å²) in [5.74, 6) is 1.22. The summed E-state index contributed by atoms with van der Waals surface area (Å²) in [5.41, 5.74) is 4.48. The highest BCUT2D eigenvalue weighted by atomic mass is 16.5. The third-order valence-corrected chi connectivity index (χ3v) is 5.03. The standard InChI is InChI=1S/C23H23N5O/c1-17-4-6-18(7-5-17)23(2,3)19-8-10-21(11-9-19)29-16-20-12-13-24-22(27-20)28-25-14-15-26-28/h4-15H,16H2,1-3H3. The maximum Gasteiger partial charge on any atom is 0.269 e. The van der Waals surface area contributed by atoms with Gasteiger partial charge in [0, 0.05) is 11.6 Å². The summed E-state index contributed by atoms with van der Waals surface area (Å²) < 4.78 is 5.91. The summed E-state index contributed by atoms with van der Waals surface area (Å²) >= 11 is 0. The predicted octanol–water partition coefficient (Wildman–Crippen LogP) is 4.27. The van der Waals surface area contributed by atoms with Crippen LogP contribution in [0.25, 0.3) is 5.95 Å². The molecule has 0 aliphatic heterocycles. The van der Waals surface area contributed by atoms with Gasteiger partial charge < -0.3 is 4.74 Å². The lowest BCUT2D eigenvalue weighted by Gasteiger charge is -2.26. The Bertz CT molecular complexity index is 1070. The highest BCUT2D eigenvalue weighted by molar-refractivity contribution is 5.40. The molecule has 2 aromatic heterocycles. The zero-order valence-electron chi connectivity index (χ0n) is 16.8. The first-order valence-electron chi connectivity index (χ1n) is 9.51. The van der Waals surface area contributed by atoms with E-state index in [0.717, 1.165) is 11.4 Å². The average molecular weight is 385 g/mol. The number of benzene rings is 2. The van der Waals surface area contributed by atoms with Gasteiger partial charge >= 0.3 is 0 Å². The quantitative estimate of drug-likeness (QED) is 0.496. The van der Waals surface area contributed by atoms with Crippen molar-refractivity contribution in [3.05, 3.63) is 95.6 Å². The van der Waals surface area contributed by atoms with E-state index < -0.39 is 0 Å². The highest BCUT2D eigenvalue weighted by Crippen LogP contribution is 2.32. The summed E-state index contributed by atoms with van der Waals surface area (Å²) in [6.45, 7) is 6.92. The molecule has 29 heavy (non-hydrogen) atoms. The minimum atomic E-state index is -0.0788. The summed E-state index contributed by atoms with van der Waals surface area (Å²) in [6.07, 6.45) is 4.86. The van der Waals surface area contributed by atoms with Gasteiger partial charge in [-0.15, -0.1) is 4.80 Å². The molecule has 0 N–H and O–H groups in total. The Morgan fingerprint density at radius 3 is 2.10 bits per heavy atom. The number of rotatable bonds is 6. The normalized spacial score (nSPS) is 11.4. The SMILES string of the molecule is Cc1ccc(C(C)(C)c2ccc(OCc3ccnc(-n4nccn4)n3)cc2)cc1. The molecule has 0 unspecified atom stereocenters. The van der Waals surface area contributed by atoms with Crippen molar-refractivity contribution in [2.45, 2.75) is 32.8 Å². The first-order chi connectivity index (χ1) is 14.0. The van der Waals surface area contributed by atoms with E-state index >= 15 is 0 Å². The van der Waals surface area contributed by atoms with Gasteiger partial charge in [0.2, 0.25) is 0 Å². The molecule has 0 aliphatic rings. The van der Waals surface area contributed by atoms with Crippen LogP contribution in [0.3, 0.4) is 0 Å². The third-order valence-electron chi connectivity index (χ3n) is 5.03. The molecule has 0 atom stereocenters. The van der Waals surface area contributed by atoms with Crippen molar-refractivity contribution in [3.63, 3.8) is 0 Å². The van der Waals surface area contributed by atoms with Crippen molar-refractivity contribution in [2.24, 2.45) is 0 Å². The number of hydrogen-bond acceptors (Lipinski definition) is 5. The van der Waals surface area contributed by atoms with E-state index in [9.17, 15) is 0 Å². The molecule has 6 nitrogen and oxygen atoms in total. The number of hydrogen-bond donors (Lipinski definition) is 0. The number of aryl methyl sites for hydroxylation is 1. The third kappa shape index (κ3) is 4.16. The van der Waals surface area contributed by atoms with Crippen molar-refractivity contribution in [2.75, 3.05) is 0 Å². The van der Waals surface area contributed by atoms with Crippen LogP contribution >= 0.6 is 0 Å². The van der Waals surface area contributed by atoms with Crippen molar-refractivity contribution >= 4 is 0 Å². The van der Waals surface area contributed by atoms with Crippen LogP contribution in [0.1, 0.15) is 36.2 Å². The minimum Gasteiger partial charge on any atom is -0.487 e. The molecule has 0 radical (unpaired) electrons. The fourth-order valence-electron chi connectivity index (χ4n) is 3.14. The lowest BCUT2D eigenvalue weighted by atomic mass is 9.78. The largest absolute Gasteiger partial charge is 0.487 e. The number of ether oxygens (including phenoxy) is 1. The topological polar surface area (TPSA) is 65.7 Å². The van der Waals surface area contributed by atoms with Crippen LogP contribution in [0.2, 0.25) is 0 Å². The van der Waals surface area contributed by atoms with Gasteiger partial charge in [-0.3, -0.25) is 0 Å². The second-order valence-corrected chi connectivity index (χ2v) is 7.47. The molecular weight excluding hydrogens is 362 g/mol. The Morgan fingerprint density at radius 1 is 0.828 bits per heavy atom. The lowest BCUT2D eigenvalue weighted by molar-refractivity contribution is 0.300. The Balaban J connectivity index is 1.45. The summed E-state index contributed by atoms with van der Waals surface area (Å²) in [4.78, 5) is 10.00. The predicted molar refractivity (Wildman–Crippen MR) is 111 cm³/mol. The number of nitrogens with zero attached hydrogens (tertiary/aromatic N) is 5. The molecule has 2 aromatic carbocycles. The molecule has 0 saturated heterocycles. The van der Waals surface area contributed by atoms with Gasteiger partial charge in [0.05, 0.1) is 18.1 Å². The van der Waals surface area contributed by atoms with Gasteiger partial charge in [0.25, 0.3) is 5.95 Å². The first kappa shape index (κ1) is 18.8. The molecule has 2 heterocycles. The van der Waals surface area contributed by atoms with E-state index in [1.54, 1.807) is 18.6 Å². The Kier molecular flexibility index (Phi) is 5.08. The second-order valence-electron chi connectivity index (χ2n) is 7.47. The Hall–Kier alpha value is -3.54. The molecule has 6 heteroatoms.